The van der Waals surface area contributed by atoms with Crippen LogP contribution in [-0.2, 0) is 4.74 Å². The van der Waals surface area contributed by atoms with Crippen LogP contribution in [0.5, 0.6) is 11.5 Å². The number of esters is 1. The summed E-state index contributed by atoms with van der Waals surface area (Å²) in [4.78, 5) is 29.2. The maximum atomic E-state index is 13.1. The van der Waals surface area contributed by atoms with Gasteiger partial charge in [-0.1, -0.05) is 0 Å². The van der Waals surface area contributed by atoms with Gasteiger partial charge in [0, 0.05) is 18.5 Å². The molecule has 0 amide bonds. The van der Waals surface area contributed by atoms with Crippen molar-refractivity contribution in [3.63, 3.8) is 0 Å². The summed E-state index contributed by atoms with van der Waals surface area (Å²) >= 11 is 0. The van der Waals surface area contributed by atoms with E-state index in [2.05, 4.69) is 10.1 Å². The van der Waals surface area contributed by atoms with Gasteiger partial charge in [-0.25, -0.2) is 14.3 Å². The molecule has 0 radical (unpaired) electrons. The third-order valence-corrected chi connectivity index (χ3v) is 4.45. The fraction of sp³-hybridized carbons (Fsp3) is 0.158. The lowest BCUT2D eigenvalue weighted by molar-refractivity contribution is 0.0602. The average molecular weight is 380 g/mol. The average Bonchev–Trinajstić information content (AvgIpc) is 3.17. The zero-order chi connectivity index (χ0) is 19.8. The van der Waals surface area contributed by atoms with Crippen molar-refractivity contribution in [3.05, 3.63) is 58.8 Å². The first-order chi connectivity index (χ1) is 13.6. The van der Waals surface area contributed by atoms with Gasteiger partial charge in [-0.05, 0) is 18.2 Å². The minimum atomic E-state index is -0.545. The SMILES string of the molecule is COC(=O)c1cnn2c1ncc1c(=O)n(-c3cc(OC)ccc3OC)ccc12. The van der Waals surface area contributed by atoms with Crippen molar-refractivity contribution in [2.24, 2.45) is 0 Å². The molecule has 0 saturated heterocycles. The minimum absolute atomic E-state index is 0.225. The summed E-state index contributed by atoms with van der Waals surface area (Å²) in [6, 6.07) is 6.90. The Labute approximate surface area is 158 Å². The fourth-order valence-electron chi connectivity index (χ4n) is 3.04. The summed E-state index contributed by atoms with van der Waals surface area (Å²) in [5.74, 6) is 0.561. The first kappa shape index (κ1) is 17.5. The van der Waals surface area contributed by atoms with Gasteiger partial charge in [-0.15, -0.1) is 0 Å². The van der Waals surface area contributed by atoms with Crippen LogP contribution in [0.3, 0.4) is 0 Å². The lowest BCUT2D eigenvalue weighted by Crippen LogP contribution is -2.19. The van der Waals surface area contributed by atoms with Crippen LogP contribution in [0.15, 0.2) is 47.7 Å². The van der Waals surface area contributed by atoms with E-state index in [1.54, 1.807) is 37.6 Å². The van der Waals surface area contributed by atoms with Gasteiger partial charge >= 0.3 is 5.97 Å². The Morgan fingerprint density at radius 2 is 1.89 bits per heavy atom. The molecule has 4 rings (SSSR count). The van der Waals surface area contributed by atoms with Crippen molar-refractivity contribution >= 4 is 22.5 Å². The second-order valence-electron chi connectivity index (χ2n) is 5.87. The highest BCUT2D eigenvalue weighted by Gasteiger charge is 2.18. The van der Waals surface area contributed by atoms with E-state index < -0.39 is 5.97 Å². The second-order valence-corrected chi connectivity index (χ2v) is 5.87. The van der Waals surface area contributed by atoms with Crippen molar-refractivity contribution < 1.29 is 19.0 Å². The number of hydrogen-bond donors (Lipinski definition) is 0. The highest BCUT2D eigenvalue weighted by Crippen LogP contribution is 2.27. The molecule has 9 heteroatoms. The first-order valence-corrected chi connectivity index (χ1v) is 8.28. The van der Waals surface area contributed by atoms with Crippen LogP contribution in [0, 0.1) is 0 Å². The Morgan fingerprint density at radius 3 is 2.61 bits per heavy atom. The van der Waals surface area contributed by atoms with Crippen molar-refractivity contribution in [2.75, 3.05) is 21.3 Å². The Hall–Kier alpha value is -3.88. The van der Waals surface area contributed by atoms with Gasteiger partial charge in [0.1, 0.15) is 17.1 Å². The fourth-order valence-corrected chi connectivity index (χ4v) is 3.04. The molecule has 28 heavy (non-hydrogen) atoms. The third kappa shape index (κ3) is 2.56. The molecule has 3 aromatic heterocycles. The lowest BCUT2D eigenvalue weighted by Gasteiger charge is -2.13. The van der Waals surface area contributed by atoms with Crippen LogP contribution >= 0.6 is 0 Å². The number of aromatic nitrogens is 4. The summed E-state index contributed by atoms with van der Waals surface area (Å²) in [5, 5.41) is 4.51. The molecule has 0 aliphatic heterocycles. The monoisotopic (exact) mass is 380 g/mol. The molecule has 0 fully saturated rings. The molecular weight excluding hydrogens is 364 g/mol. The second kappa shape index (κ2) is 6.69. The molecule has 1 aromatic carbocycles. The third-order valence-electron chi connectivity index (χ3n) is 4.45. The summed E-state index contributed by atoms with van der Waals surface area (Å²) in [7, 11) is 4.36. The van der Waals surface area contributed by atoms with E-state index in [1.807, 2.05) is 0 Å². The number of methoxy groups -OCH3 is 3. The molecule has 0 N–H and O–H groups in total. The zero-order valence-corrected chi connectivity index (χ0v) is 15.4. The Balaban J connectivity index is 1.97. The summed E-state index contributed by atoms with van der Waals surface area (Å²) in [6.45, 7) is 0. The number of pyridine rings is 1. The maximum Gasteiger partial charge on any atom is 0.343 e. The molecule has 0 aliphatic rings. The number of hydrogen-bond acceptors (Lipinski definition) is 7. The first-order valence-electron chi connectivity index (χ1n) is 8.28. The highest BCUT2D eigenvalue weighted by molar-refractivity contribution is 5.96. The van der Waals surface area contributed by atoms with Crippen LogP contribution in [0.2, 0.25) is 0 Å². The van der Waals surface area contributed by atoms with Gasteiger partial charge < -0.3 is 14.2 Å². The van der Waals surface area contributed by atoms with Crippen molar-refractivity contribution in [1.29, 1.82) is 0 Å². The standard InChI is InChI=1S/C19H16N4O5/c1-26-11-4-5-16(27-2)15(8-11)22-7-6-14-12(18(22)24)9-20-17-13(19(25)28-3)10-21-23(14)17/h4-10H,1-3H3. The van der Waals surface area contributed by atoms with Gasteiger partial charge in [-0.3, -0.25) is 9.36 Å². The van der Waals surface area contributed by atoms with E-state index in [1.165, 1.54) is 35.7 Å². The van der Waals surface area contributed by atoms with E-state index in [0.717, 1.165) is 0 Å². The minimum Gasteiger partial charge on any atom is -0.497 e. The van der Waals surface area contributed by atoms with Gasteiger partial charge in [-0.2, -0.15) is 5.10 Å². The van der Waals surface area contributed by atoms with Gasteiger partial charge in [0.25, 0.3) is 5.56 Å². The normalized spacial score (nSPS) is 11.0. The van der Waals surface area contributed by atoms with Crippen LogP contribution in [0.25, 0.3) is 22.2 Å². The lowest BCUT2D eigenvalue weighted by atomic mass is 10.2. The quantitative estimate of drug-likeness (QED) is 0.498. The highest BCUT2D eigenvalue weighted by atomic mass is 16.5. The molecule has 0 atom stereocenters. The molecule has 3 heterocycles. The number of ether oxygens (including phenoxy) is 3. The van der Waals surface area contributed by atoms with Crippen LogP contribution < -0.4 is 15.0 Å². The molecule has 0 aliphatic carbocycles. The maximum absolute atomic E-state index is 13.1. The number of carbonyl (C=O) groups is 1. The molecule has 0 spiro atoms. The largest absolute Gasteiger partial charge is 0.497 e. The molecular formula is C19H16N4O5. The molecule has 0 unspecified atom stereocenters. The van der Waals surface area contributed by atoms with Gasteiger partial charge in [0.2, 0.25) is 0 Å². The van der Waals surface area contributed by atoms with Crippen LogP contribution in [-0.4, -0.2) is 46.5 Å². The van der Waals surface area contributed by atoms with Crippen LogP contribution in [0.4, 0.5) is 0 Å². The number of fused-ring (bicyclic) bond motifs is 3. The van der Waals surface area contributed by atoms with Crippen LogP contribution in [0.1, 0.15) is 10.4 Å². The Kier molecular flexibility index (Phi) is 4.19. The Morgan fingerprint density at radius 1 is 1.07 bits per heavy atom. The molecule has 9 nitrogen and oxygen atoms in total. The molecule has 0 saturated carbocycles. The summed E-state index contributed by atoms with van der Waals surface area (Å²) in [6.07, 6.45) is 4.40. The van der Waals surface area contributed by atoms with Gasteiger partial charge in [0.15, 0.2) is 5.65 Å². The molecule has 0 bridgehead atoms. The van der Waals surface area contributed by atoms with E-state index in [9.17, 15) is 9.59 Å². The van der Waals surface area contributed by atoms with Crippen molar-refractivity contribution in [1.82, 2.24) is 19.2 Å². The molecule has 4 aromatic rings. The number of benzene rings is 1. The molecule has 142 valence electrons. The summed E-state index contributed by atoms with van der Waals surface area (Å²) in [5.41, 5.74) is 1.28. The van der Waals surface area contributed by atoms with Gasteiger partial charge in [0.05, 0.1) is 44.1 Å². The number of carbonyl (C=O) groups excluding carboxylic acids is 1. The van der Waals surface area contributed by atoms with Crippen molar-refractivity contribution in [3.8, 4) is 17.2 Å². The van der Waals surface area contributed by atoms with E-state index in [-0.39, 0.29) is 11.1 Å². The zero-order valence-electron chi connectivity index (χ0n) is 15.4. The van der Waals surface area contributed by atoms with E-state index in [4.69, 9.17) is 14.2 Å². The van der Waals surface area contributed by atoms with E-state index in [0.29, 0.717) is 33.7 Å². The predicted octanol–water partition coefficient (Wildman–Crippen LogP) is 1.84. The van der Waals surface area contributed by atoms with E-state index >= 15 is 0 Å². The number of nitrogens with zero attached hydrogens (tertiary/aromatic N) is 4. The predicted molar refractivity (Wildman–Crippen MR) is 101 cm³/mol. The van der Waals surface area contributed by atoms with Crippen molar-refractivity contribution in [2.45, 2.75) is 0 Å². The summed E-state index contributed by atoms with van der Waals surface area (Å²) < 4.78 is 18.3. The Bertz CT molecular complexity index is 1270. The topological polar surface area (TPSA) is 97.0 Å². The smallest absolute Gasteiger partial charge is 0.343 e. The number of rotatable bonds is 4.